The van der Waals surface area contributed by atoms with Crippen LogP contribution in [0.3, 0.4) is 0 Å². The van der Waals surface area contributed by atoms with Gasteiger partial charge in [0.25, 0.3) is 0 Å². The van der Waals surface area contributed by atoms with Crippen molar-refractivity contribution in [2.24, 2.45) is 5.73 Å². The topological polar surface area (TPSA) is 53.7 Å². The van der Waals surface area contributed by atoms with E-state index < -0.39 is 0 Å². The van der Waals surface area contributed by atoms with Gasteiger partial charge in [-0.25, -0.2) is 0 Å². The average molecular weight is 173 g/mol. The van der Waals surface area contributed by atoms with E-state index in [9.17, 15) is 0 Å². The molecule has 1 spiro atoms. The van der Waals surface area contributed by atoms with Crippen molar-refractivity contribution in [2.75, 3.05) is 26.4 Å². The van der Waals surface area contributed by atoms with E-state index in [-0.39, 0.29) is 11.9 Å². The molecule has 2 heterocycles. The fourth-order valence-electron chi connectivity index (χ4n) is 1.68. The zero-order chi connectivity index (χ0) is 8.44. The molecule has 12 heavy (non-hydrogen) atoms. The maximum Gasteiger partial charge on any atom is 0.173 e. The van der Waals surface area contributed by atoms with Gasteiger partial charge in [0.05, 0.1) is 25.9 Å². The van der Waals surface area contributed by atoms with E-state index in [1.807, 2.05) is 0 Å². The molecule has 2 aliphatic heterocycles. The zero-order valence-electron chi connectivity index (χ0n) is 7.12. The summed E-state index contributed by atoms with van der Waals surface area (Å²) in [6, 6.07) is 0. The van der Waals surface area contributed by atoms with Gasteiger partial charge in [-0.2, -0.15) is 0 Å². The minimum absolute atomic E-state index is 0.0862. The van der Waals surface area contributed by atoms with Crippen LogP contribution in [0.5, 0.6) is 0 Å². The highest BCUT2D eigenvalue weighted by molar-refractivity contribution is 4.81. The van der Waals surface area contributed by atoms with Gasteiger partial charge in [0, 0.05) is 19.4 Å². The smallest absolute Gasteiger partial charge is 0.173 e. The summed E-state index contributed by atoms with van der Waals surface area (Å²) in [5.41, 5.74) is 5.49. The maximum atomic E-state index is 5.71. The summed E-state index contributed by atoms with van der Waals surface area (Å²) >= 11 is 0. The number of rotatable bonds is 1. The van der Waals surface area contributed by atoms with Crippen molar-refractivity contribution in [2.45, 2.75) is 24.7 Å². The molecular weight excluding hydrogens is 158 g/mol. The monoisotopic (exact) mass is 173 g/mol. The molecule has 0 radical (unpaired) electrons. The second-order valence-electron chi connectivity index (χ2n) is 3.31. The Hall–Kier alpha value is -0.160. The minimum atomic E-state index is -0.359. The summed E-state index contributed by atoms with van der Waals surface area (Å²) in [6.45, 7) is 2.65. The first-order valence-corrected chi connectivity index (χ1v) is 4.44. The standard InChI is InChI=1S/C8H15NO3/c9-5-7-6-11-8(12-7)1-3-10-4-2-8/h7H,1-6,9H2. The number of ether oxygens (including phenoxy) is 3. The van der Waals surface area contributed by atoms with Crippen molar-refractivity contribution in [1.82, 2.24) is 0 Å². The largest absolute Gasteiger partial charge is 0.381 e. The molecule has 70 valence electrons. The van der Waals surface area contributed by atoms with Crippen molar-refractivity contribution in [3.05, 3.63) is 0 Å². The van der Waals surface area contributed by atoms with Crippen LogP contribution in [0.1, 0.15) is 12.8 Å². The molecule has 0 aromatic rings. The lowest BCUT2D eigenvalue weighted by molar-refractivity contribution is -0.210. The highest BCUT2D eigenvalue weighted by Crippen LogP contribution is 2.32. The molecular formula is C8H15NO3. The van der Waals surface area contributed by atoms with E-state index in [2.05, 4.69) is 0 Å². The van der Waals surface area contributed by atoms with Gasteiger partial charge in [-0.3, -0.25) is 0 Å². The molecule has 2 saturated heterocycles. The molecule has 1 unspecified atom stereocenters. The zero-order valence-corrected chi connectivity index (χ0v) is 7.12. The predicted molar refractivity (Wildman–Crippen MR) is 42.7 cm³/mol. The Balaban J connectivity index is 1.94. The Labute approximate surface area is 72.0 Å². The van der Waals surface area contributed by atoms with Crippen molar-refractivity contribution in [1.29, 1.82) is 0 Å². The highest BCUT2D eigenvalue weighted by atomic mass is 16.7. The van der Waals surface area contributed by atoms with Crippen LogP contribution in [-0.2, 0) is 14.2 Å². The summed E-state index contributed by atoms with van der Waals surface area (Å²) < 4.78 is 16.5. The Bertz CT molecular complexity index is 156. The van der Waals surface area contributed by atoms with E-state index >= 15 is 0 Å². The van der Waals surface area contributed by atoms with E-state index in [1.165, 1.54) is 0 Å². The molecule has 0 amide bonds. The Morgan fingerprint density at radius 3 is 2.67 bits per heavy atom. The van der Waals surface area contributed by atoms with Crippen LogP contribution in [0, 0.1) is 0 Å². The minimum Gasteiger partial charge on any atom is -0.381 e. The van der Waals surface area contributed by atoms with E-state index in [4.69, 9.17) is 19.9 Å². The third kappa shape index (κ3) is 1.47. The quantitative estimate of drug-likeness (QED) is 0.600. The van der Waals surface area contributed by atoms with E-state index in [0.29, 0.717) is 13.2 Å². The molecule has 2 fully saturated rings. The Kier molecular flexibility index (Phi) is 2.32. The lowest BCUT2D eigenvalue weighted by atomic mass is 10.1. The normalized spacial score (nSPS) is 34.2. The highest BCUT2D eigenvalue weighted by Gasteiger charge is 2.42. The Morgan fingerprint density at radius 1 is 1.33 bits per heavy atom. The van der Waals surface area contributed by atoms with Crippen LogP contribution in [0.15, 0.2) is 0 Å². The lowest BCUT2D eigenvalue weighted by Crippen LogP contribution is -2.38. The third-order valence-electron chi connectivity index (χ3n) is 2.43. The van der Waals surface area contributed by atoms with Crippen molar-refractivity contribution in [3.8, 4) is 0 Å². The van der Waals surface area contributed by atoms with E-state index in [1.54, 1.807) is 0 Å². The van der Waals surface area contributed by atoms with Crippen molar-refractivity contribution < 1.29 is 14.2 Å². The fourth-order valence-corrected chi connectivity index (χ4v) is 1.68. The van der Waals surface area contributed by atoms with Gasteiger partial charge in [-0.15, -0.1) is 0 Å². The summed E-state index contributed by atoms with van der Waals surface area (Å²) in [6.07, 6.45) is 1.76. The van der Waals surface area contributed by atoms with Crippen LogP contribution in [0.25, 0.3) is 0 Å². The summed E-state index contributed by atoms with van der Waals surface area (Å²) in [7, 11) is 0. The molecule has 1 atom stereocenters. The summed E-state index contributed by atoms with van der Waals surface area (Å²) in [5.74, 6) is -0.359. The van der Waals surface area contributed by atoms with Crippen molar-refractivity contribution in [3.63, 3.8) is 0 Å². The SMILES string of the molecule is NCC1COC2(CCOCC2)O1. The first kappa shape index (κ1) is 8.44. The lowest BCUT2D eigenvalue weighted by Gasteiger charge is -2.31. The van der Waals surface area contributed by atoms with Gasteiger partial charge in [0.1, 0.15) is 0 Å². The van der Waals surface area contributed by atoms with Crippen LogP contribution < -0.4 is 5.73 Å². The van der Waals surface area contributed by atoms with Gasteiger partial charge in [-0.05, 0) is 0 Å². The summed E-state index contributed by atoms with van der Waals surface area (Å²) in [4.78, 5) is 0. The van der Waals surface area contributed by atoms with Crippen molar-refractivity contribution >= 4 is 0 Å². The Morgan fingerprint density at radius 2 is 2.08 bits per heavy atom. The second kappa shape index (κ2) is 3.30. The molecule has 0 aliphatic carbocycles. The average Bonchev–Trinajstić information content (AvgIpc) is 2.50. The van der Waals surface area contributed by atoms with Crippen LogP contribution >= 0.6 is 0 Å². The molecule has 4 nitrogen and oxygen atoms in total. The fraction of sp³-hybridized carbons (Fsp3) is 1.00. The first-order valence-electron chi connectivity index (χ1n) is 4.44. The van der Waals surface area contributed by atoms with Crippen LogP contribution in [-0.4, -0.2) is 38.3 Å². The second-order valence-corrected chi connectivity index (χ2v) is 3.31. The molecule has 0 aromatic heterocycles. The third-order valence-corrected chi connectivity index (χ3v) is 2.43. The van der Waals surface area contributed by atoms with Gasteiger partial charge in [-0.1, -0.05) is 0 Å². The molecule has 2 aliphatic rings. The van der Waals surface area contributed by atoms with Gasteiger partial charge < -0.3 is 19.9 Å². The molecule has 2 rings (SSSR count). The molecule has 4 heteroatoms. The van der Waals surface area contributed by atoms with Gasteiger partial charge >= 0.3 is 0 Å². The van der Waals surface area contributed by atoms with Crippen LogP contribution in [0.4, 0.5) is 0 Å². The molecule has 2 N–H and O–H groups in total. The summed E-state index contributed by atoms with van der Waals surface area (Å²) in [5, 5.41) is 0. The predicted octanol–water partition coefficient (Wildman–Crippen LogP) is -0.133. The molecule has 0 bridgehead atoms. The van der Waals surface area contributed by atoms with Gasteiger partial charge in [0.15, 0.2) is 5.79 Å². The first-order chi connectivity index (χ1) is 5.85. The van der Waals surface area contributed by atoms with Crippen LogP contribution in [0.2, 0.25) is 0 Å². The number of nitrogens with two attached hydrogens (primary N) is 1. The number of hydrogen-bond donors (Lipinski definition) is 1. The van der Waals surface area contributed by atoms with E-state index in [0.717, 1.165) is 26.1 Å². The van der Waals surface area contributed by atoms with Gasteiger partial charge in [0.2, 0.25) is 0 Å². The molecule has 0 saturated carbocycles. The maximum absolute atomic E-state index is 5.71. The number of hydrogen-bond acceptors (Lipinski definition) is 4. The molecule has 0 aromatic carbocycles.